The third-order valence-electron chi connectivity index (χ3n) is 6.25. The monoisotopic (exact) mass is 411 g/mol. The fraction of sp³-hybridized carbons (Fsp3) is 0.458. The molecule has 0 aromatic heterocycles. The van der Waals surface area contributed by atoms with Crippen LogP contribution < -0.4 is 10.2 Å². The van der Waals surface area contributed by atoms with E-state index in [0.29, 0.717) is 12.6 Å². The summed E-state index contributed by atoms with van der Waals surface area (Å²) in [4.78, 5) is 16.4. The molecule has 0 radical (unpaired) electrons. The number of likely N-dealkylation sites (tertiary alicyclic amines) is 1. The summed E-state index contributed by atoms with van der Waals surface area (Å²) in [5.41, 5.74) is 5.37. The van der Waals surface area contributed by atoms with E-state index in [-0.39, 0.29) is 5.91 Å². The van der Waals surface area contributed by atoms with Gasteiger partial charge in [0, 0.05) is 56.4 Å². The third-order valence-corrected chi connectivity index (χ3v) is 6.50. The molecular formula is C24H30ClN3O. The van der Waals surface area contributed by atoms with Crippen LogP contribution in [0.3, 0.4) is 0 Å². The normalized spacial score (nSPS) is 17.4. The van der Waals surface area contributed by atoms with Gasteiger partial charge in [-0.3, -0.25) is 4.79 Å². The summed E-state index contributed by atoms with van der Waals surface area (Å²) in [6.07, 6.45) is 4.65. The molecule has 0 atom stereocenters. The highest BCUT2D eigenvalue weighted by atomic mass is 35.5. The number of hydrogen-bond acceptors (Lipinski definition) is 3. The van der Waals surface area contributed by atoms with Crippen molar-refractivity contribution in [1.29, 1.82) is 0 Å². The van der Waals surface area contributed by atoms with Crippen molar-refractivity contribution in [3.63, 3.8) is 0 Å². The molecule has 5 heteroatoms. The maximum absolute atomic E-state index is 11.2. The van der Waals surface area contributed by atoms with Crippen molar-refractivity contribution in [2.24, 2.45) is 0 Å². The average Bonchev–Trinajstić information content (AvgIpc) is 3.15. The number of carbonyl (C=O) groups is 1. The Kier molecular flexibility index (Phi) is 6.41. The predicted octanol–water partition coefficient (Wildman–Crippen LogP) is 4.05. The molecule has 0 unspecified atom stereocenters. The molecule has 2 aromatic carbocycles. The predicted molar refractivity (Wildman–Crippen MR) is 120 cm³/mol. The first-order valence-corrected chi connectivity index (χ1v) is 11.1. The second kappa shape index (κ2) is 9.19. The number of piperidine rings is 1. The lowest BCUT2D eigenvalue weighted by Crippen LogP contribution is -2.45. The van der Waals surface area contributed by atoms with Crippen LogP contribution in [0.2, 0.25) is 5.02 Å². The average molecular weight is 412 g/mol. The fourth-order valence-electron chi connectivity index (χ4n) is 4.56. The molecule has 4 nitrogen and oxygen atoms in total. The number of benzene rings is 2. The van der Waals surface area contributed by atoms with Gasteiger partial charge in [0.1, 0.15) is 0 Å². The smallest absolute Gasteiger partial charge is 0.217 e. The fourth-order valence-corrected chi connectivity index (χ4v) is 4.68. The molecule has 0 spiro atoms. The van der Waals surface area contributed by atoms with Gasteiger partial charge in [0.2, 0.25) is 5.91 Å². The highest BCUT2D eigenvalue weighted by Gasteiger charge is 2.29. The van der Waals surface area contributed by atoms with E-state index in [2.05, 4.69) is 45.4 Å². The highest BCUT2D eigenvalue weighted by Crippen LogP contribution is 2.33. The molecule has 29 heavy (non-hydrogen) atoms. The van der Waals surface area contributed by atoms with Crippen LogP contribution in [0.4, 0.5) is 5.69 Å². The zero-order valence-corrected chi connectivity index (χ0v) is 17.9. The molecule has 2 aliphatic heterocycles. The Balaban J connectivity index is 1.31. The lowest BCUT2D eigenvalue weighted by atomic mass is 10.0. The van der Waals surface area contributed by atoms with Crippen LogP contribution in [-0.4, -0.2) is 43.0 Å². The maximum Gasteiger partial charge on any atom is 0.217 e. The summed E-state index contributed by atoms with van der Waals surface area (Å²) < 4.78 is 0. The number of rotatable bonds is 6. The van der Waals surface area contributed by atoms with Crippen LogP contribution in [0.1, 0.15) is 36.5 Å². The number of nitrogens with zero attached hydrogens (tertiary/aromatic N) is 2. The Bertz CT molecular complexity index is 844. The summed E-state index contributed by atoms with van der Waals surface area (Å²) in [7, 11) is 0. The maximum atomic E-state index is 11.2. The molecule has 1 N–H and O–H groups in total. The van der Waals surface area contributed by atoms with Crippen LogP contribution in [0, 0.1) is 0 Å². The Morgan fingerprint density at radius 2 is 1.79 bits per heavy atom. The summed E-state index contributed by atoms with van der Waals surface area (Å²) in [5, 5.41) is 3.72. The minimum absolute atomic E-state index is 0.0216. The van der Waals surface area contributed by atoms with Crippen LogP contribution >= 0.6 is 11.6 Å². The number of amides is 1. The van der Waals surface area contributed by atoms with Gasteiger partial charge < -0.3 is 15.1 Å². The van der Waals surface area contributed by atoms with Crippen LogP contribution in [0.5, 0.6) is 0 Å². The van der Waals surface area contributed by atoms with Crippen molar-refractivity contribution in [1.82, 2.24) is 10.2 Å². The van der Waals surface area contributed by atoms with Gasteiger partial charge in [-0.2, -0.15) is 0 Å². The quantitative estimate of drug-likeness (QED) is 0.779. The van der Waals surface area contributed by atoms with Gasteiger partial charge in [-0.1, -0.05) is 35.9 Å². The van der Waals surface area contributed by atoms with E-state index in [1.165, 1.54) is 35.2 Å². The lowest BCUT2D eigenvalue weighted by molar-refractivity contribution is -0.119. The van der Waals surface area contributed by atoms with Gasteiger partial charge >= 0.3 is 0 Å². The number of fused-ring (bicyclic) bond motifs is 1. The van der Waals surface area contributed by atoms with Crippen molar-refractivity contribution in [3.8, 4) is 0 Å². The standard InChI is InChI=1S/C24H30ClN3O/c1-18(29)26-17-20-2-5-21-9-15-28(24(21)16-20)23-10-13-27(14-11-23)12-8-19-3-6-22(25)7-4-19/h2-7,16,23H,8-15,17H2,1H3,(H,26,29). The van der Waals surface area contributed by atoms with Crippen LogP contribution in [-0.2, 0) is 24.2 Å². The Morgan fingerprint density at radius 1 is 1.07 bits per heavy atom. The first-order valence-electron chi connectivity index (χ1n) is 10.7. The molecule has 154 valence electrons. The van der Waals surface area contributed by atoms with Crippen molar-refractivity contribution in [3.05, 3.63) is 64.2 Å². The minimum atomic E-state index is 0.0216. The molecule has 1 saturated heterocycles. The van der Waals surface area contributed by atoms with E-state index in [4.69, 9.17) is 11.6 Å². The van der Waals surface area contributed by atoms with Crippen LogP contribution in [0.25, 0.3) is 0 Å². The second-order valence-corrected chi connectivity index (χ2v) is 8.70. The van der Waals surface area contributed by atoms with E-state index < -0.39 is 0 Å². The molecule has 0 bridgehead atoms. The van der Waals surface area contributed by atoms with E-state index in [9.17, 15) is 4.79 Å². The first-order chi connectivity index (χ1) is 14.1. The molecule has 2 heterocycles. The first kappa shape index (κ1) is 20.2. The summed E-state index contributed by atoms with van der Waals surface area (Å²) in [5.74, 6) is 0.0216. The molecular weight excluding hydrogens is 382 g/mol. The third kappa shape index (κ3) is 5.12. The Labute approximate surface area is 178 Å². The lowest BCUT2D eigenvalue weighted by Gasteiger charge is -2.38. The van der Waals surface area contributed by atoms with E-state index in [0.717, 1.165) is 44.0 Å². The second-order valence-electron chi connectivity index (χ2n) is 8.27. The van der Waals surface area contributed by atoms with E-state index >= 15 is 0 Å². The van der Waals surface area contributed by atoms with Gasteiger partial charge in [-0.25, -0.2) is 0 Å². The molecule has 0 aliphatic carbocycles. The summed E-state index contributed by atoms with van der Waals surface area (Å²) >= 11 is 5.98. The Morgan fingerprint density at radius 3 is 2.52 bits per heavy atom. The van der Waals surface area contributed by atoms with Gasteiger partial charge in [0.15, 0.2) is 0 Å². The van der Waals surface area contributed by atoms with E-state index in [1.807, 2.05) is 12.1 Å². The van der Waals surface area contributed by atoms with Crippen LogP contribution in [0.15, 0.2) is 42.5 Å². The number of anilines is 1. The van der Waals surface area contributed by atoms with Gasteiger partial charge in [-0.15, -0.1) is 0 Å². The summed E-state index contributed by atoms with van der Waals surface area (Å²) in [6.45, 7) is 6.74. The van der Waals surface area contributed by atoms with E-state index in [1.54, 1.807) is 6.92 Å². The molecule has 0 saturated carbocycles. The molecule has 1 amide bonds. The Hall–Kier alpha value is -2.04. The summed E-state index contributed by atoms with van der Waals surface area (Å²) in [6, 6.07) is 15.5. The van der Waals surface area contributed by atoms with Crippen molar-refractivity contribution < 1.29 is 4.79 Å². The number of carbonyl (C=O) groups excluding carboxylic acids is 1. The topological polar surface area (TPSA) is 35.6 Å². The molecule has 1 fully saturated rings. The van der Waals surface area contributed by atoms with Gasteiger partial charge in [0.25, 0.3) is 0 Å². The molecule has 2 aliphatic rings. The number of halogens is 1. The number of hydrogen-bond donors (Lipinski definition) is 1. The van der Waals surface area contributed by atoms with Gasteiger partial charge in [-0.05, 0) is 60.6 Å². The zero-order chi connectivity index (χ0) is 20.2. The van der Waals surface area contributed by atoms with Crippen molar-refractivity contribution >= 4 is 23.2 Å². The number of nitrogens with one attached hydrogen (secondary N) is 1. The SMILES string of the molecule is CC(=O)NCc1ccc2c(c1)N(C1CCN(CCc3ccc(Cl)cc3)CC1)CC2. The van der Waals surface area contributed by atoms with Crippen molar-refractivity contribution in [2.45, 2.75) is 45.2 Å². The molecule has 2 aromatic rings. The highest BCUT2D eigenvalue weighted by molar-refractivity contribution is 6.30. The zero-order valence-electron chi connectivity index (χ0n) is 17.2. The largest absolute Gasteiger partial charge is 0.368 e. The minimum Gasteiger partial charge on any atom is -0.368 e. The molecule has 4 rings (SSSR count). The van der Waals surface area contributed by atoms with Gasteiger partial charge in [0.05, 0.1) is 0 Å². The van der Waals surface area contributed by atoms with Crippen molar-refractivity contribution in [2.75, 3.05) is 31.1 Å².